The van der Waals surface area contributed by atoms with Gasteiger partial charge in [0.1, 0.15) is 6.04 Å². The standard InChI is InChI=1S/C13H17N3O3/c1-3-4-11(12(17)18)16-13(19)15-8-10-6-5-9(2)14-7-10/h3,5-7,11H,1,4,8H2,2H3,(H,17,18)(H2,15,16,19). The number of carbonyl (C=O) groups excluding carboxylic acids is 1. The molecule has 6 heteroatoms. The zero-order valence-corrected chi connectivity index (χ0v) is 10.7. The maximum Gasteiger partial charge on any atom is 0.326 e. The van der Waals surface area contributed by atoms with Gasteiger partial charge in [-0.05, 0) is 25.0 Å². The van der Waals surface area contributed by atoms with Crippen molar-refractivity contribution in [1.29, 1.82) is 0 Å². The molecule has 1 rings (SSSR count). The monoisotopic (exact) mass is 263 g/mol. The first-order valence-electron chi connectivity index (χ1n) is 5.82. The molecule has 0 saturated heterocycles. The van der Waals surface area contributed by atoms with Crippen LogP contribution in [-0.2, 0) is 11.3 Å². The molecule has 3 N–H and O–H groups in total. The largest absolute Gasteiger partial charge is 0.480 e. The lowest BCUT2D eigenvalue weighted by Crippen LogP contribution is -2.45. The number of nitrogens with zero attached hydrogens (tertiary/aromatic N) is 1. The van der Waals surface area contributed by atoms with Gasteiger partial charge in [-0.1, -0.05) is 12.1 Å². The van der Waals surface area contributed by atoms with Crippen LogP contribution < -0.4 is 10.6 Å². The number of pyridine rings is 1. The van der Waals surface area contributed by atoms with E-state index in [-0.39, 0.29) is 6.42 Å². The second kappa shape index (κ2) is 7.15. The van der Waals surface area contributed by atoms with Crippen LogP contribution in [-0.4, -0.2) is 28.1 Å². The third-order valence-corrected chi connectivity index (χ3v) is 2.43. The first kappa shape index (κ1) is 14.7. The Bertz CT molecular complexity index is 457. The number of hydrogen-bond acceptors (Lipinski definition) is 3. The molecule has 0 aliphatic heterocycles. The highest BCUT2D eigenvalue weighted by atomic mass is 16.4. The average molecular weight is 263 g/mol. The zero-order chi connectivity index (χ0) is 14.3. The van der Waals surface area contributed by atoms with Crippen molar-refractivity contribution in [2.45, 2.75) is 25.9 Å². The molecule has 1 aromatic heterocycles. The van der Waals surface area contributed by atoms with Gasteiger partial charge >= 0.3 is 12.0 Å². The smallest absolute Gasteiger partial charge is 0.326 e. The molecule has 1 atom stereocenters. The molecular formula is C13H17N3O3. The van der Waals surface area contributed by atoms with Crippen LogP contribution >= 0.6 is 0 Å². The van der Waals surface area contributed by atoms with E-state index in [4.69, 9.17) is 5.11 Å². The number of aryl methyl sites for hydroxylation is 1. The first-order chi connectivity index (χ1) is 9.02. The van der Waals surface area contributed by atoms with Crippen molar-refractivity contribution >= 4 is 12.0 Å². The Morgan fingerprint density at radius 2 is 2.26 bits per heavy atom. The first-order valence-corrected chi connectivity index (χ1v) is 5.82. The summed E-state index contributed by atoms with van der Waals surface area (Å²) >= 11 is 0. The Kier molecular flexibility index (Phi) is 5.53. The zero-order valence-electron chi connectivity index (χ0n) is 10.7. The molecule has 0 aromatic carbocycles. The minimum absolute atomic E-state index is 0.175. The quantitative estimate of drug-likeness (QED) is 0.673. The highest BCUT2D eigenvalue weighted by Gasteiger charge is 2.17. The molecule has 102 valence electrons. The Balaban J connectivity index is 2.44. The summed E-state index contributed by atoms with van der Waals surface area (Å²) in [4.78, 5) is 26.5. The SMILES string of the molecule is C=CCC(NC(=O)NCc1ccc(C)nc1)C(=O)O. The highest BCUT2D eigenvalue weighted by Crippen LogP contribution is 1.99. The van der Waals surface area contributed by atoms with Crippen LogP contribution in [0.3, 0.4) is 0 Å². The fourth-order valence-electron chi connectivity index (χ4n) is 1.38. The molecule has 0 radical (unpaired) electrons. The fraction of sp³-hybridized carbons (Fsp3) is 0.308. The normalized spacial score (nSPS) is 11.4. The van der Waals surface area contributed by atoms with Crippen LogP contribution in [0.4, 0.5) is 4.79 Å². The Labute approximate surface area is 111 Å². The second-order valence-corrected chi connectivity index (χ2v) is 4.05. The summed E-state index contributed by atoms with van der Waals surface area (Å²) in [6, 6.07) is 2.19. The van der Waals surface area contributed by atoms with Crippen molar-refractivity contribution < 1.29 is 14.7 Å². The van der Waals surface area contributed by atoms with Gasteiger partial charge in [0.15, 0.2) is 0 Å². The maximum atomic E-state index is 11.5. The summed E-state index contributed by atoms with van der Waals surface area (Å²) in [6.45, 7) is 5.61. The number of carboxylic acids is 1. The third-order valence-electron chi connectivity index (χ3n) is 2.43. The summed E-state index contributed by atoms with van der Waals surface area (Å²) in [7, 11) is 0. The van der Waals surface area contributed by atoms with Gasteiger partial charge in [0.25, 0.3) is 0 Å². The van der Waals surface area contributed by atoms with Crippen molar-refractivity contribution in [1.82, 2.24) is 15.6 Å². The van der Waals surface area contributed by atoms with Crippen LogP contribution in [0.15, 0.2) is 31.0 Å². The van der Waals surface area contributed by atoms with Crippen molar-refractivity contribution in [2.75, 3.05) is 0 Å². The molecule has 0 spiro atoms. The van der Waals surface area contributed by atoms with Crippen molar-refractivity contribution in [3.05, 3.63) is 42.2 Å². The maximum absolute atomic E-state index is 11.5. The molecular weight excluding hydrogens is 246 g/mol. The van der Waals surface area contributed by atoms with E-state index in [0.717, 1.165) is 11.3 Å². The van der Waals surface area contributed by atoms with Crippen molar-refractivity contribution in [3.8, 4) is 0 Å². The van der Waals surface area contributed by atoms with Gasteiger partial charge in [-0.25, -0.2) is 9.59 Å². The van der Waals surface area contributed by atoms with E-state index in [2.05, 4.69) is 22.2 Å². The van der Waals surface area contributed by atoms with Gasteiger partial charge in [0.2, 0.25) is 0 Å². The van der Waals surface area contributed by atoms with E-state index in [1.54, 1.807) is 6.20 Å². The molecule has 1 heterocycles. The van der Waals surface area contributed by atoms with E-state index in [0.29, 0.717) is 6.54 Å². The predicted octanol–water partition coefficient (Wildman–Crippen LogP) is 1.22. The van der Waals surface area contributed by atoms with E-state index in [1.807, 2.05) is 19.1 Å². The average Bonchev–Trinajstić information content (AvgIpc) is 2.37. The lowest BCUT2D eigenvalue weighted by Gasteiger charge is -2.13. The number of carbonyl (C=O) groups is 2. The van der Waals surface area contributed by atoms with E-state index < -0.39 is 18.0 Å². The van der Waals surface area contributed by atoms with Gasteiger partial charge in [-0.3, -0.25) is 4.98 Å². The summed E-state index contributed by atoms with van der Waals surface area (Å²) in [6.07, 6.45) is 3.28. The van der Waals surface area contributed by atoms with Crippen LogP contribution in [0.2, 0.25) is 0 Å². The van der Waals surface area contributed by atoms with Crippen molar-refractivity contribution in [3.63, 3.8) is 0 Å². The summed E-state index contributed by atoms with van der Waals surface area (Å²) < 4.78 is 0. The lowest BCUT2D eigenvalue weighted by molar-refractivity contribution is -0.139. The van der Waals surface area contributed by atoms with Crippen LogP contribution in [0.5, 0.6) is 0 Å². The number of nitrogens with one attached hydrogen (secondary N) is 2. The minimum Gasteiger partial charge on any atom is -0.480 e. The topological polar surface area (TPSA) is 91.3 Å². The Hall–Kier alpha value is -2.37. The van der Waals surface area contributed by atoms with Gasteiger partial charge in [-0.2, -0.15) is 0 Å². The van der Waals surface area contributed by atoms with Gasteiger partial charge in [0, 0.05) is 18.4 Å². The second-order valence-electron chi connectivity index (χ2n) is 4.05. The fourth-order valence-corrected chi connectivity index (χ4v) is 1.38. The number of carboxylic acid groups (broad SMARTS) is 1. The number of amides is 2. The molecule has 0 fully saturated rings. The lowest BCUT2D eigenvalue weighted by atomic mass is 10.2. The minimum atomic E-state index is -1.09. The van der Waals surface area contributed by atoms with E-state index >= 15 is 0 Å². The summed E-state index contributed by atoms with van der Waals surface area (Å²) in [5.74, 6) is -1.09. The summed E-state index contributed by atoms with van der Waals surface area (Å²) in [5, 5.41) is 13.8. The molecule has 1 unspecified atom stereocenters. The molecule has 0 bridgehead atoms. The van der Waals surface area contributed by atoms with Crippen molar-refractivity contribution in [2.24, 2.45) is 0 Å². The number of aliphatic carboxylic acids is 1. The predicted molar refractivity (Wildman–Crippen MR) is 70.6 cm³/mol. The molecule has 19 heavy (non-hydrogen) atoms. The third kappa shape index (κ3) is 5.20. The number of rotatable bonds is 6. The highest BCUT2D eigenvalue weighted by molar-refractivity contribution is 5.82. The number of hydrogen-bond donors (Lipinski definition) is 3. The van der Waals surface area contributed by atoms with Gasteiger partial charge in [-0.15, -0.1) is 6.58 Å². The molecule has 2 amide bonds. The van der Waals surface area contributed by atoms with Gasteiger partial charge < -0.3 is 15.7 Å². The number of aromatic nitrogens is 1. The van der Waals surface area contributed by atoms with E-state index in [9.17, 15) is 9.59 Å². The Morgan fingerprint density at radius 3 is 2.79 bits per heavy atom. The summed E-state index contributed by atoms with van der Waals surface area (Å²) in [5.41, 5.74) is 1.74. The van der Waals surface area contributed by atoms with Crippen LogP contribution in [0.25, 0.3) is 0 Å². The van der Waals surface area contributed by atoms with Gasteiger partial charge in [0.05, 0.1) is 0 Å². The van der Waals surface area contributed by atoms with Crippen LogP contribution in [0.1, 0.15) is 17.7 Å². The Morgan fingerprint density at radius 1 is 1.53 bits per heavy atom. The molecule has 0 aliphatic carbocycles. The molecule has 6 nitrogen and oxygen atoms in total. The molecule has 1 aromatic rings. The van der Waals surface area contributed by atoms with Crippen LogP contribution in [0, 0.1) is 6.92 Å². The number of urea groups is 1. The van der Waals surface area contributed by atoms with E-state index in [1.165, 1.54) is 6.08 Å². The molecule has 0 aliphatic rings. The molecule has 0 saturated carbocycles.